The fourth-order valence-corrected chi connectivity index (χ4v) is 3.10. The first kappa shape index (κ1) is 15.7. The van der Waals surface area contributed by atoms with Gasteiger partial charge in [-0.3, -0.25) is 4.90 Å². The maximum atomic E-state index is 13.1. The molecule has 1 aromatic rings. The minimum absolute atomic E-state index is 0.272. The van der Waals surface area contributed by atoms with Crippen molar-refractivity contribution in [2.45, 2.75) is 45.8 Å². The quantitative estimate of drug-likeness (QED) is 0.912. The van der Waals surface area contributed by atoms with E-state index in [1.54, 1.807) is 6.07 Å². The summed E-state index contributed by atoms with van der Waals surface area (Å²) in [6.07, 6.45) is 1.17. The molecule has 0 spiro atoms. The molecular formula is C16H24ClFN2. The molecule has 2 nitrogen and oxygen atoms in total. The Labute approximate surface area is 126 Å². The fourth-order valence-electron chi connectivity index (χ4n) is 2.87. The van der Waals surface area contributed by atoms with Gasteiger partial charge in [0.15, 0.2) is 0 Å². The van der Waals surface area contributed by atoms with Gasteiger partial charge in [0.2, 0.25) is 0 Å². The lowest BCUT2D eigenvalue weighted by Gasteiger charge is -2.40. The Morgan fingerprint density at radius 2 is 2.20 bits per heavy atom. The monoisotopic (exact) mass is 298 g/mol. The van der Waals surface area contributed by atoms with Crippen molar-refractivity contribution < 1.29 is 4.39 Å². The maximum absolute atomic E-state index is 13.1. The first-order chi connectivity index (χ1) is 9.45. The maximum Gasteiger partial charge on any atom is 0.124 e. The van der Waals surface area contributed by atoms with Gasteiger partial charge in [-0.05, 0) is 37.0 Å². The SMILES string of the molecule is CC(C)CC1CNC(C)CN1Cc1ccc(F)cc1Cl. The summed E-state index contributed by atoms with van der Waals surface area (Å²) in [5, 5.41) is 4.07. The van der Waals surface area contributed by atoms with Crippen LogP contribution in [0.3, 0.4) is 0 Å². The standard InChI is InChI=1S/C16H24ClFN2/c1-11(2)6-15-8-19-12(3)9-20(15)10-13-4-5-14(18)7-16(13)17/h4-5,7,11-12,15,19H,6,8-10H2,1-3H3. The topological polar surface area (TPSA) is 15.3 Å². The van der Waals surface area contributed by atoms with Crippen LogP contribution in [0.2, 0.25) is 5.02 Å². The van der Waals surface area contributed by atoms with Crippen LogP contribution in [0.5, 0.6) is 0 Å². The van der Waals surface area contributed by atoms with Crippen LogP contribution >= 0.6 is 11.6 Å². The second-order valence-electron chi connectivity index (χ2n) is 6.26. The van der Waals surface area contributed by atoms with Gasteiger partial charge < -0.3 is 5.32 Å². The highest BCUT2D eigenvalue weighted by Crippen LogP contribution is 2.23. The van der Waals surface area contributed by atoms with E-state index in [4.69, 9.17) is 11.6 Å². The minimum atomic E-state index is -0.272. The molecule has 1 saturated heterocycles. The number of nitrogens with zero attached hydrogens (tertiary/aromatic N) is 1. The van der Waals surface area contributed by atoms with Gasteiger partial charge in [-0.2, -0.15) is 0 Å². The van der Waals surface area contributed by atoms with Gasteiger partial charge in [-0.25, -0.2) is 4.39 Å². The van der Waals surface area contributed by atoms with Crippen molar-refractivity contribution in [3.05, 3.63) is 34.6 Å². The Morgan fingerprint density at radius 3 is 2.85 bits per heavy atom. The second kappa shape index (κ2) is 6.88. The molecule has 1 fully saturated rings. The van der Waals surface area contributed by atoms with E-state index in [2.05, 4.69) is 31.0 Å². The summed E-state index contributed by atoms with van der Waals surface area (Å²) in [5.41, 5.74) is 1.01. The van der Waals surface area contributed by atoms with Gasteiger partial charge in [-0.1, -0.05) is 31.5 Å². The molecule has 2 unspecified atom stereocenters. The van der Waals surface area contributed by atoms with E-state index in [9.17, 15) is 4.39 Å². The highest BCUT2D eigenvalue weighted by atomic mass is 35.5. The molecule has 0 amide bonds. The molecule has 0 saturated carbocycles. The van der Waals surface area contributed by atoms with Crippen LogP contribution in [0.4, 0.5) is 4.39 Å². The van der Waals surface area contributed by atoms with Crippen LogP contribution in [0, 0.1) is 11.7 Å². The lowest BCUT2D eigenvalue weighted by atomic mass is 9.98. The molecule has 1 heterocycles. The first-order valence-electron chi connectivity index (χ1n) is 7.37. The van der Waals surface area contributed by atoms with Gasteiger partial charge in [0.25, 0.3) is 0 Å². The van der Waals surface area contributed by atoms with Crippen LogP contribution in [-0.4, -0.2) is 30.1 Å². The zero-order valence-corrected chi connectivity index (χ0v) is 13.3. The normalized spacial score (nSPS) is 24.3. The molecule has 2 rings (SSSR count). The van der Waals surface area contributed by atoms with Crippen molar-refractivity contribution in [2.75, 3.05) is 13.1 Å². The molecule has 4 heteroatoms. The van der Waals surface area contributed by atoms with Crippen molar-refractivity contribution in [2.24, 2.45) is 5.92 Å². The van der Waals surface area contributed by atoms with E-state index in [-0.39, 0.29) is 5.82 Å². The molecule has 1 aliphatic heterocycles. The molecule has 2 atom stereocenters. The fraction of sp³-hybridized carbons (Fsp3) is 0.625. The van der Waals surface area contributed by atoms with Crippen molar-refractivity contribution in [3.63, 3.8) is 0 Å². The number of piperazine rings is 1. The highest BCUT2D eigenvalue weighted by Gasteiger charge is 2.26. The third kappa shape index (κ3) is 4.18. The van der Waals surface area contributed by atoms with E-state index in [1.165, 1.54) is 18.6 Å². The summed E-state index contributed by atoms with van der Waals surface area (Å²) in [6.45, 7) is 9.51. The average Bonchev–Trinajstić information content (AvgIpc) is 2.35. The first-order valence-corrected chi connectivity index (χ1v) is 7.75. The van der Waals surface area contributed by atoms with Crippen LogP contribution in [0.25, 0.3) is 0 Å². The number of nitrogens with one attached hydrogen (secondary N) is 1. The summed E-state index contributed by atoms with van der Waals surface area (Å²) in [4.78, 5) is 2.47. The van der Waals surface area contributed by atoms with Gasteiger partial charge in [-0.15, -0.1) is 0 Å². The summed E-state index contributed by atoms with van der Waals surface area (Å²) < 4.78 is 13.1. The molecule has 1 aromatic carbocycles. The van der Waals surface area contributed by atoms with Crippen LogP contribution in [0.1, 0.15) is 32.8 Å². The molecule has 1 aliphatic rings. The van der Waals surface area contributed by atoms with Crippen LogP contribution < -0.4 is 5.32 Å². The number of hydrogen-bond acceptors (Lipinski definition) is 2. The van der Waals surface area contributed by atoms with Gasteiger partial charge in [0.1, 0.15) is 5.82 Å². The summed E-state index contributed by atoms with van der Waals surface area (Å²) in [7, 11) is 0. The largest absolute Gasteiger partial charge is 0.311 e. The highest BCUT2D eigenvalue weighted by molar-refractivity contribution is 6.31. The van der Waals surface area contributed by atoms with E-state index < -0.39 is 0 Å². The predicted octanol–water partition coefficient (Wildman–Crippen LogP) is 3.69. The number of halogens is 2. The smallest absolute Gasteiger partial charge is 0.124 e. The Kier molecular flexibility index (Phi) is 5.42. The Hall–Kier alpha value is -0.640. The third-order valence-corrected chi connectivity index (χ3v) is 4.21. The van der Waals surface area contributed by atoms with Gasteiger partial charge in [0, 0.05) is 36.7 Å². The van der Waals surface area contributed by atoms with Crippen molar-refractivity contribution in [1.82, 2.24) is 10.2 Å². The lowest BCUT2D eigenvalue weighted by Crippen LogP contribution is -2.55. The second-order valence-corrected chi connectivity index (χ2v) is 6.67. The van der Waals surface area contributed by atoms with E-state index in [0.717, 1.165) is 25.2 Å². The molecule has 112 valence electrons. The lowest BCUT2D eigenvalue weighted by molar-refractivity contribution is 0.111. The molecule has 0 radical (unpaired) electrons. The van der Waals surface area contributed by atoms with Crippen molar-refractivity contribution in [1.29, 1.82) is 0 Å². The Bertz CT molecular complexity index is 450. The summed E-state index contributed by atoms with van der Waals surface area (Å²) in [5.74, 6) is 0.396. The van der Waals surface area contributed by atoms with Gasteiger partial charge in [0.05, 0.1) is 0 Å². The Morgan fingerprint density at radius 1 is 1.45 bits per heavy atom. The van der Waals surface area contributed by atoms with Crippen LogP contribution in [-0.2, 0) is 6.54 Å². The molecular weight excluding hydrogens is 275 g/mol. The Balaban J connectivity index is 2.10. The van der Waals surface area contributed by atoms with Gasteiger partial charge >= 0.3 is 0 Å². The predicted molar refractivity (Wildman–Crippen MR) is 82.5 cm³/mol. The molecule has 20 heavy (non-hydrogen) atoms. The van der Waals surface area contributed by atoms with Crippen LogP contribution in [0.15, 0.2) is 18.2 Å². The van der Waals surface area contributed by atoms with E-state index >= 15 is 0 Å². The minimum Gasteiger partial charge on any atom is -0.311 e. The summed E-state index contributed by atoms with van der Waals surface area (Å²) in [6, 6.07) is 5.70. The number of benzene rings is 1. The number of rotatable bonds is 4. The molecule has 0 aliphatic carbocycles. The zero-order valence-electron chi connectivity index (χ0n) is 12.5. The average molecular weight is 299 g/mol. The van der Waals surface area contributed by atoms with Crippen molar-refractivity contribution >= 4 is 11.6 Å². The molecule has 1 N–H and O–H groups in total. The van der Waals surface area contributed by atoms with E-state index in [0.29, 0.717) is 23.0 Å². The summed E-state index contributed by atoms with van der Waals surface area (Å²) >= 11 is 6.16. The third-order valence-electron chi connectivity index (χ3n) is 3.86. The van der Waals surface area contributed by atoms with Crippen molar-refractivity contribution in [3.8, 4) is 0 Å². The molecule has 0 bridgehead atoms. The number of hydrogen-bond donors (Lipinski definition) is 1. The van der Waals surface area contributed by atoms with E-state index in [1.807, 2.05) is 0 Å². The molecule has 0 aromatic heterocycles. The zero-order chi connectivity index (χ0) is 14.7.